The molecule has 1 saturated carbocycles. The molecule has 1 fully saturated rings. The Hall–Kier alpha value is -3.98. The molecule has 0 unspecified atom stereocenters. The topological polar surface area (TPSA) is 89.5 Å². The standard InChI is InChI=1S/C37H48N4O2/c1-25(2)24-41(36(42)43-37(6,7)8)19-11-12-28(5)32-20-26(3)23-40-33(34(32)35(39)30-17-18-30)14-10-9-13-31-21-29(22-38)16-15-27(31)4/h9,13,15-16,20-21,23,25,30,39H,3,5,10-12,14,17-19,24H2,1-2,4,6-8H3/b13-9+,39-35?. The molecule has 2 aliphatic rings. The lowest BCUT2D eigenvalue weighted by atomic mass is 9.87. The van der Waals surface area contributed by atoms with Gasteiger partial charge in [0, 0.05) is 36.5 Å². The summed E-state index contributed by atoms with van der Waals surface area (Å²) in [6.07, 6.45) is 12.6. The van der Waals surface area contributed by atoms with Crippen molar-refractivity contribution in [3.63, 3.8) is 0 Å². The van der Waals surface area contributed by atoms with Crippen LogP contribution in [0.3, 0.4) is 0 Å². The Bertz CT molecular complexity index is 1400. The highest BCUT2D eigenvalue weighted by Gasteiger charge is 2.32. The number of carbonyl (C=O) groups excluding carboxylic acids is 1. The van der Waals surface area contributed by atoms with Crippen molar-refractivity contribution in [1.29, 1.82) is 10.7 Å². The Balaban J connectivity index is 1.78. The number of nitrogens with one attached hydrogen (secondary N) is 1. The minimum Gasteiger partial charge on any atom is -0.444 e. The number of rotatable bonds is 13. The first kappa shape index (κ1) is 33.5. The highest BCUT2D eigenvalue weighted by Crippen LogP contribution is 2.39. The Morgan fingerprint density at radius 3 is 2.65 bits per heavy atom. The molecule has 6 heteroatoms. The monoisotopic (exact) mass is 580 g/mol. The van der Waals surface area contributed by atoms with Crippen LogP contribution in [0.2, 0.25) is 0 Å². The second kappa shape index (κ2) is 15.0. The van der Waals surface area contributed by atoms with Crippen LogP contribution in [-0.2, 0) is 4.74 Å². The van der Waals surface area contributed by atoms with Gasteiger partial charge in [-0.05, 0) is 118 Å². The number of hydrogen-bond acceptors (Lipinski definition) is 5. The van der Waals surface area contributed by atoms with E-state index in [2.05, 4.69) is 45.2 Å². The fraction of sp³-hybridized carbons (Fsp3) is 0.459. The van der Waals surface area contributed by atoms with E-state index in [9.17, 15) is 10.1 Å². The minimum absolute atomic E-state index is 0.253. The molecule has 0 saturated heterocycles. The van der Waals surface area contributed by atoms with Gasteiger partial charge in [0.25, 0.3) is 0 Å². The lowest BCUT2D eigenvalue weighted by molar-refractivity contribution is 0.0226. The molecular formula is C37H48N4O2. The van der Waals surface area contributed by atoms with Gasteiger partial charge in [0.2, 0.25) is 0 Å². The van der Waals surface area contributed by atoms with Crippen LogP contribution in [0.1, 0.15) is 89.8 Å². The molecule has 1 N–H and O–H groups in total. The maximum atomic E-state index is 12.9. The van der Waals surface area contributed by atoms with Crippen LogP contribution in [0.5, 0.6) is 0 Å². The summed E-state index contributed by atoms with van der Waals surface area (Å²) in [5.74, 6) is 0.577. The average Bonchev–Trinajstić information content (AvgIpc) is 3.78. The summed E-state index contributed by atoms with van der Waals surface area (Å²) in [4.78, 5) is 19.5. The molecule has 3 rings (SSSR count). The number of ether oxygens (including phenoxy) is 1. The normalized spacial score (nSPS) is 15.4. The van der Waals surface area contributed by atoms with Crippen molar-refractivity contribution < 1.29 is 9.53 Å². The first-order chi connectivity index (χ1) is 20.3. The summed E-state index contributed by atoms with van der Waals surface area (Å²) < 4.78 is 5.66. The first-order valence-electron chi connectivity index (χ1n) is 15.4. The Kier molecular flexibility index (Phi) is 11.7. The molecule has 228 valence electrons. The number of carbonyl (C=O) groups is 1. The maximum absolute atomic E-state index is 12.9. The van der Waals surface area contributed by atoms with Crippen LogP contribution in [0, 0.1) is 35.5 Å². The van der Waals surface area contributed by atoms with Gasteiger partial charge in [0.05, 0.1) is 17.3 Å². The largest absolute Gasteiger partial charge is 0.444 e. The van der Waals surface area contributed by atoms with Gasteiger partial charge in [0.1, 0.15) is 5.60 Å². The molecule has 0 spiro atoms. The van der Waals surface area contributed by atoms with Gasteiger partial charge in [0.15, 0.2) is 0 Å². The molecular weight excluding hydrogens is 532 g/mol. The lowest BCUT2D eigenvalue weighted by Crippen LogP contribution is -2.39. The fourth-order valence-corrected chi connectivity index (χ4v) is 4.98. The molecule has 0 radical (unpaired) electrons. The molecule has 1 aromatic carbocycles. The lowest BCUT2D eigenvalue weighted by Gasteiger charge is -2.29. The predicted octanol–water partition coefficient (Wildman–Crippen LogP) is 9.14. The number of nitrogens with zero attached hydrogens (tertiary/aromatic N) is 3. The van der Waals surface area contributed by atoms with E-state index >= 15 is 0 Å². The molecule has 1 heterocycles. The van der Waals surface area contributed by atoms with Crippen molar-refractivity contribution in [2.45, 2.75) is 85.7 Å². The molecule has 0 bridgehead atoms. The van der Waals surface area contributed by atoms with Crippen molar-refractivity contribution >= 4 is 24.1 Å². The van der Waals surface area contributed by atoms with E-state index in [1.165, 1.54) is 0 Å². The summed E-state index contributed by atoms with van der Waals surface area (Å²) in [6, 6.07) is 7.92. The third-order valence-electron chi connectivity index (χ3n) is 7.31. The Morgan fingerprint density at radius 2 is 2.02 bits per heavy atom. The molecule has 43 heavy (non-hydrogen) atoms. The zero-order chi connectivity index (χ0) is 31.7. The van der Waals surface area contributed by atoms with Gasteiger partial charge in [-0.2, -0.15) is 5.26 Å². The van der Waals surface area contributed by atoms with Gasteiger partial charge >= 0.3 is 6.09 Å². The van der Waals surface area contributed by atoms with E-state index in [4.69, 9.17) is 15.1 Å². The molecule has 1 aliphatic heterocycles. The maximum Gasteiger partial charge on any atom is 0.410 e. The number of amides is 1. The Labute approximate surface area is 258 Å². The van der Waals surface area contributed by atoms with E-state index in [-0.39, 0.29) is 12.0 Å². The third kappa shape index (κ3) is 10.4. The van der Waals surface area contributed by atoms with E-state index in [0.29, 0.717) is 43.1 Å². The zero-order valence-corrected chi connectivity index (χ0v) is 26.9. The van der Waals surface area contributed by atoms with Crippen LogP contribution >= 0.6 is 0 Å². The summed E-state index contributed by atoms with van der Waals surface area (Å²) in [5, 5.41) is 18.4. The van der Waals surface area contributed by atoms with E-state index in [1.54, 1.807) is 11.1 Å². The van der Waals surface area contributed by atoms with Crippen LogP contribution < -0.4 is 0 Å². The molecule has 1 aromatic rings. The summed E-state index contributed by atoms with van der Waals surface area (Å²) in [5.41, 5.74) is 7.28. The van der Waals surface area contributed by atoms with Gasteiger partial charge in [-0.1, -0.05) is 45.2 Å². The summed E-state index contributed by atoms with van der Waals surface area (Å²) in [7, 11) is 0. The van der Waals surface area contributed by atoms with Gasteiger partial charge in [-0.3, -0.25) is 4.99 Å². The second-order valence-corrected chi connectivity index (χ2v) is 13.1. The van der Waals surface area contributed by atoms with Crippen LogP contribution in [0.4, 0.5) is 4.79 Å². The molecule has 1 aliphatic carbocycles. The number of allylic oxidation sites excluding steroid dienone is 7. The SMILES string of the molecule is C=C1C=NC(CC/C=C/c2cc(C#N)ccc2C)=C(C(=N)C2CC2)C(C(=C)CCCN(CC(C)C)C(=O)OC(C)(C)C)=C1. The first-order valence-corrected chi connectivity index (χ1v) is 15.4. The fourth-order valence-electron chi connectivity index (χ4n) is 4.98. The average molecular weight is 581 g/mol. The van der Waals surface area contributed by atoms with Crippen LogP contribution in [0.15, 0.2) is 76.5 Å². The number of aliphatic imine (C=N–C) groups is 1. The van der Waals surface area contributed by atoms with Crippen LogP contribution in [0.25, 0.3) is 6.08 Å². The molecule has 1 amide bonds. The van der Waals surface area contributed by atoms with Gasteiger partial charge < -0.3 is 15.0 Å². The molecule has 6 nitrogen and oxygen atoms in total. The quantitative estimate of drug-likeness (QED) is 0.236. The van der Waals surface area contributed by atoms with E-state index in [0.717, 1.165) is 64.8 Å². The van der Waals surface area contributed by atoms with Crippen molar-refractivity contribution in [2.75, 3.05) is 13.1 Å². The van der Waals surface area contributed by atoms with Gasteiger partial charge in [-0.25, -0.2) is 4.79 Å². The number of nitriles is 1. The Morgan fingerprint density at radius 1 is 1.30 bits per heavy atom. The van der Waals surface area contributed by atoms with Crippen molar-refractivity contribution in [3.05, 3.63) is 88.2 Å². The van der Waals surface area contributed by atoms with E-state index < -0.39 is 5.60 Å². The second-order valence-electron chi connectivity index (χ2n) is 13.1. The van der Waals surface area contributed by atoms with Crippen molar-refractivity contribution in [2.24, 2.45) is 16.8 Å². The van der Waals surface area contributed by atoms with Gasteiger partial charge in [-0.15, -0.1) is 0 Å². The number of hydrogen-bond donors (Lipinski definition) is 1. The van der Waals surface area contributed by atoms with Crippen molar-refractivity contribution in [3.8, 4) is 6.07 Å². The number of benzene rings is 1. The highest BCUT2D eigenvalue weighted by atomic mass is 16.6. The smallest absolute Gasteiger partial charge is 0.410 e. The zero-order valence-electron chi connectivity index (χ0n) is 26.9. The molecule has 0 atom stereocenters. The minimum atomic E-state index is -0.546. The number of aryl methyl sites for hydroxylation is 1. The van der Waals surface area contributed by atoms with E-state index in [1.807, 2.05) is 52.0 Å². The predicted molar refractivity (Wildman–Crippen MR) is 178 cm³/mol. The van der Waals surface area contributed by atoms with Crippen LogP contribution in [-0.4, -0.2) is 41.6 Å². The highest BCUT2D eigenvalue weighted by molar-refractivity contribution is 6.07. The summed E-state index contributed by atoms with van der Waals surface area (Å²) in [6.45, 7) is 21.7. The molecule has 0 aromatic heterocycles. The van der Waals surface area contributed by atoms with Crippen molar-refractivity contribution in [1.82, 2.24) is 4.90 Å². The summed E-state index contributed by atoms with van der Waals surface area (Å²) >= 11 is 0. The third-order valence-corrected chi connectivity index (χ3v) is 7.31.